The van der Waals surface area contributed by atoms with E-state index in [1.807, 2.05) is 12.1 Å². The number of carbonyl (C=O) groups is 1. The third-order valence-electron chi connectivity index (χ3n) is 3.99. The molecule has 0 saturated carbocycles. The number of amides is 1. The van der Waals surface area contributed by atoms with Crippen molar-refractivity contribution in [3.63, 3.8) is 0 Å². The van der Waals surface area contributed by atoms with E-state index in [-0.39, 0.29) is 43.3 Å². The Morgan fingerprint density at radius 3 is 2.58 bits per heavy atom. The minimum atomic E-state index is -0.626. The Hall–Kier alpha value is -1.66. The quantitative estimate of drug-likeness (QED) is 0.767. The average Bonchev–Trinajstić information content (AvgIpc) is 2.59. The van der Waals surface area contributed by atoms with Crippen molar-refractivity contribution in [3.05, 3.63) is 65.5 Å². The first-order valence-electron chi connectivity index (χ1n) is 7.40. The van der Waals surface area contributed by atoms with Gasteiger partial charge in [0.1, 0.15) is 0 Å². The van der Waals surface area contributed by atoms with Crippen molar-refractivity contribution in [2.75, 3.05) is 6.54 Å². The largest absolute Gasteiger partial charge is 0.390 e. The van der Waals surface area contributed by atoms with Gasteiger partial charge in [-0.2, -0.15) is 0 Å². The minimum absolute atomic E-state index is 0. The smallest absolute Gasteiger partial charge is 0.251 e. The Kier molecular flexibility index (Phi) is 8.15. The summed E-state index contributed by atoms with van der Waals surface area (Å²) < 4.78 is 0. The van der Waals surface area contributed by atoms with Gasteiger partial charge >= 0.3 is 0 Å². The molecule has 0 aliphatic carbocycles. The van der Waals surface area contributed by atoms with Crippen LogP contribution in [0.1, 0.15) is 21.5 Å². The van der Waals surface area contributed by atoms with E-state index in [4.69, 9.17) is 0 Å². The standard InChI is InChI=1S/C17H19N3O2.2ClH/c21-16(11-20-17(22)12-5-7-18-8-6-12)15-9-13-3-1-2-4-14(13)10-19-15;;/h1-8,15-16,19,21H,9-11H2,(H,20,22);2*1H. The summed E-state index contributed by atoms with van der Waals surface area (Å²) in [6.07, 6.45) is 3.29. The van der Waals surface area contributed by atoms with Gasteiger partial charge in [0.2, 0.25) is 0 Å². The Morgan fingerprint density at radius 1 is 1.21 bits per heavy atom. The number of fused-ring (bicyclic) bond motifs is 1. The van der Waals surface area contributed by atoms with Crippen LogP contribution in [-0.2, 0) is 13.0 Å². The number of benzene rings is 1. The lowest BCUT2D eigenvalue weighted by atomic mass is 9.93. The molecule has 3 N–H and O–H groups in total. The predicted molar refractivity (Wildman–Crippen MR) is 97.8 cm³/mol. The molecule has 2 atom stereocenters. The van der Waals surface area contributed by atoms with Crippen LogP contribution >= 0.6 is 24.8 Å². The highest BCUT2D eigenvalue weighted by molar-refractivity contribution is 5.93. The second-order valence-corrected chi connectivity index (χ2v) is 5.47. The fraction of sp³-hybridized carbons (Fsp3) is 0.294. The first kappa shape index (κ1) is 20.4. The molecule has 130 valence electrons. The maximum atomic E-state index is 12.0. The highest BCUT2D eigenvalue weighted by Crippen LogP contribution is 2.17. The summed E-state index contributed by atoms with van der Waals surface area (Å²) >= 11 is 0. The summed E-state index contributed by atoms with van der Waals surface area (Å²) in [5.41, 5.74) is 3.07. The number of halogens is 2. The summed E-state index contributed by atoms with van der Waals surface area (Å²) in [6, 6.07) is 11.5. The van der Waals surface area contributed by atoms with Crippen LogP contribution in [0.4, 0.5) is 0 Å². The topological polar surface area (TPSA) is 74.2 Å². The lowest BCUT2D eigenvalue weighted by Crippen LogP contribution is -2.49. The molecule has 2 heterocycles. The number of nitrogens with zero attached hydrogens (tertiary/aromatic N) is 1. The summed E-state index contributed by atoms with van der Waals surface area (Å²) in [6.45, 7) is 0.969. The summed E-state index contributed by atoms with van der Waals surface area (Å²) in [7, 11) is 0. The number of hydrogen-bond acceptors (Lipinski definition) is 4. The molecule has 0 spiro atoms. The number of carbonyl (C=O) groups excluding carboxylic acids is 1. The third kappa shape index (κ3) is 4.92. The average molecular weight is 370 g/mol. The Balaban J connectivity index is 0.00000144. The van der Waals surface area contributed by atoms with Gasteiger partial charge in [-0.25, -0.2) is 0 Å². The van der Waals surface area contributed by atoms with Gasteiger partial charge in [0.05, 0.1) is 6.10 Å². The van der Waals surface area contributed by atoms with Crippen LogP contribution < -0.4 is 10.6 Å². The fourth-order valence-electron chi connectivity index (χ4n) is 2.70. The number of pyridine rings is 1. The van der Waals surface area contributed by atoms with Crippen LogP contribution in [0.2, 0.25) is 0 Å². The first-order chi connectivity index (χ1) is 10.7. The molecule has 1 aliphatic heterocycles. The van der Waals surface area contributed by atoms with Crippen molar-refractivity contribution in [2.45, 2.75) is 25.1 Å². The van der Waals surface area contributed by atoms with Crippen molar-refractivity contribution >= 4 is 30.7 Å². The summed E-state index contributed by atoms with van der Waals surface area (Å²) in [4.78, 5) is 15.8. The molecule has 1 aliphatic rings. The molecule has 3 rings (SSSR count). The van der Waals surface area contributed by atoms with Crippen LogP contribution in [0.25, 0.3) is 0 Å². The van der Waals surface area contributed by atoms with Crippen LogP contribution in [0.15, 0.2) is 48.8 Å². The highest BCUT2D eigenvalue weighted by atomic mass is 35.5. The molecule has 0 fully saturated rings. The predicted octanol–water partition coefficient (Wildman–Crippen LogP) is 1.73. The molecule has 0 bridgehead atoms. The van der Waals surface area contributed by atoms with Gasteiger partial charge in [-0.05, 0) is 29.7 Å². The van der Waals surface area contributed by atoms with Crippen LogP contribution in [-0.4, -0.2) is 34.7 Å². The van der Waals surface area contributed by atoms with Crippen LogP contribution in [0.5, 0.6) is 0 Å². The maximum Gasteiger partial charge on any atom is 0.251 e. The van der Waals surface area contributed by atoms with E-state index < -0.39 is 6.10 Å². The van der Waals surface area contributed by atoms with Crippen molar-refractivity contribution < 1.29 is 9.90 Å². The Morgan fingerprint density at radius 2 is 1.88 bits per heavy atom. The third-order valence-corrected chi connectivity index (χ3v) is 3.99. The molecule has 1 amide bonds. The van der Waals surface area contributed by atoms with E-state index in [1.54, 1.807) is 24.5 Å². The molecule has 5 nitrogen and oxygen atoms in total. The van der Waals surface area contributed by atoms with Gasteiger partial charge in [0, 0.05) is 37.1 Å². The number of aromatic nitrogens is 1. The van der Waals surface area contributed by atoms with Crippen molar-refractivity contribution in [1.29, 1.82) is 0 Å². The van der Waals surface area contributed by atoms with E-state index in [0.29, 0.717) is 5.56 Å². The monoisotopic (exact) mass is 369 g/mol. The van der Waals surface area contributed by atoms with Gasteiger partial charge in [0.15, 0.2) is 0 Å². The van der Waals surface area contributed by atoms with Gasteiger partial charge in [-0.15, -0.1) is 24.8 Å². The number of rotatable bonds is 4. The van der Waals surface area contributed by atoms with Gasteiger partial charge < -0.3 is 15.7 Å². The molecular formula is C17H21Cl2N3O2. The van der Waals surface area contributed by atoms with E-state index in [1.165, 1.54) is 11.1 Å². The van der Waals surface area contributed by atoms with Crippen molar-refractivity contribution in [3.8, 4) is 0 Å². The zero-order chi connectivity index (χ0) is 15.4. The molecule has 24 heavy (non-hydrogen) atoms. The number of aliphatic hydroxyl groups excluding tert-OH is 1. The van der Waals surface area contributed by atoms with Gasteiger partial charge in [-0.3, -0.25) is 9.78 Å². The Labute approximate surface area is 153 Å². The normalized spacial score (nSPS) is 16.8. The highest BCUT2D eigenvalue weighted by Gasteiger charge is 2.24. The fourth-order valence-corrected chi connectivity index (χ4v) is 2.70. The molecular weight excluding hydrogens is 349 g/mol. The molecule has 1 aromatic carbocycles. The first-order valence-corrected chi connectivity index (χ1v) is 7.40. The van der Waals surface area contributed by atoms with E-state index in [2.05, 4.69) is 27.8 Å². The lowest BCUT2D eigenvalue weighted by molar-refractivity contribution is 0.0870. The molecule has 1 aromatic heterocycles. The Bertz CT molecular complexity index is 655. The summed E-state index contributed by atoms with van der Waals surface area (Å²) in [5.74, 6) is -0.197. The van der Waals surface area contributed by atoms with Crippen molar-refractivity contribution in [1.82, 2.24) is 15.6 Å². The van der Waals surface area contributed by atoms with E-state index in [9.17, 15) is 9.90 Å². The van der Waals surface area contributed by atoms with Crippen LogP contribution in [0, 0.1) is 0 Å². The number of aliphatic hydroxyl groups is 1. The van der Waals surface area contributed by atoms with Crippen LogP contribution in [0.3, 0.4) is 0 Å². The molecule has 0 saturated heterocycles. The van der Waals surface area contributed by atoms with Crippen molar-refractivity contribution in [2.24, 2.45) is 0 Å². The maximum absolute atomic E-state index is 12.0. The second-order valence-electron chi connectivity index (χ2n) is 5.47. The minimum Gasteiger partial charge on any atom is -0.390 e. The summed E-state index contributed by atoms with van der Waals surface area (Å²) in [5, 5.41) is 16.4. The number of hydrogen-bond donors (Lipinski definition) is 3. The SMILES string of the molecule is Cl.Cl.O=C(NCC(O)C1Cc2ccccc2CN1)c1ccncc1. The molecule has 2 unspecified atom stereocenters. The van der Waals surface area contributed by atoms with Gasteiger partial charge in [0.25, 0.3) is 5.91 Å². The second kappa shape index (κ2) is 9.59. The van der Waals surface area contributed by atoms with E-state index >= 15 is 0 Å². The zero-order valence-electron chi connectivity index (χ0n) is 13.0. The van der Waals surface area contributed by atoms with Gasteiger partial charge in [-0.1, -0.05) is 24.3 Å². The number of nitrogens with one attached hydrogen (secondary N) is 2. The molecule has 0 radical (unpaired) electrons. The molecule has 7 heteroatoms. The molecule has 2 aromatic rings. The zero-order valence-corrected chi connectivity index (χ0v) is 14.6. The lowest BCUT2D eigenvalue weighted by Gasteiger charge is -2.30. The van der Waals surface area contributed by atoms with E-state index in [0.717, 1.165) is 13.0 Å².